The second-order valence-electron chi connectivity index (χ2n) is 5.43. The van der Waals surface area contributed by atoms with Crippen LogP contribution in [0.4, 0.5) is 10.1 Å². The van der Waals surface area contributed by atoms with Crippen LogP contribution in [0.1, 0.15) is 19.3 Å². The van der Waals surface area contributed by atoms with Crippen LogP contribution in [0.2, 0.25) is 0 Å². The zero-order chi connectivity index (χ0) is 14.2. The highest BCUT2D eigenvalue weighted by Gasteiger charge is 2.43. The van der Waals surface area contributed by atoms with Crippen LogP contribution in [-0.2, 0) is 20.3 Å². The molecule has 20 heavy (non-hydrogen) atoms. The van der Waals surface area contributed by atoms with Crippen LogP contribution in [0.25, 0.3) is 0 Å². The van der Waals surface area contributed by atoms with E-state index in [1.54, 1.807) is 0 Å². The molecule has 1 aromatic rings. The first kappa shape index (κ1) is 14.0. The molecule has 0 radical (unpaired) electrons. The van der Waals surface area contributed by atoms with Crippen molar-refractivity contribution in [2.45, 2.75) is 35.0 Å². The second-order valence-corrected chi connectivity index (χ2v) is 7.13. The van der Waals surface area contributed by atoms with E-state index in [1.165, 1.54) is 18.2 Å². The Morgan fingerprint density at radius 2 is 2.25 bits per heavy atom. The molecule has 2 heterocycles. The largest absolute Gasteiger partial charge is 0.398 e. The number of halogens is 1. The van der Waals surface area contributed by atoms with E-state index in [-0.39, 0.29) is 16.5 Å². The van der Waals surface area contributed by atoms with E-state index < -0.39 is 16.6 Å². The minimum Gasteiger partial charge on any atom is -0.398 e. The van der Waals surface area contributed by atoms with Crippen LogP contribution >= 0.6 is 0 Å². The number of ether oxygens (including phenoxy) is 2. The van der Waals surface area contributed by atoms with E-state index in [1.807, 2.05) is 0 Å². The van der Waals surface area contributed by atoms with Crippen molar-refractivity contribution in [2.24, 2.45) is 0 Å². The zero-order valence-electron chi connectivity index (χ0n) is 11.1. The number of rotatable bonds is 2. The molecule has 2 aliphatic rings. The number of nitrogen functional groups attached to an aromatic ring is 1. The summed E-state index contributed by atoms with van der Waals surface area (Å²) >= 11 is 0. The highest BCUT2D eigenvalue weighted by Crippen LogP contribution is 2.36. The van der Waals surface area contributed by atoms with Gasteiger partial charge in [0.25, 0.3) is 0 Å². The van der Waals surface area contributed by atoms with Gasteiger partial charge in [-0.1, -0.05) is 0 Å². The molecule has 0 aliphatic carbocycles. The Balaban J connectivity index is 1.79. The van der Waals surface area contributed by atoms with Gasteiger partial charge in [0.2, 0.25) is 0 Å². The molecule has 3 unspecified atom stereocenters. The van der Waals surface area contributed by atoms with Gasteiger partial charge in [-0.25, -0.2) is 4.39 Å². The van der Waals surface area contributed by atoms with Crippen molar-refractivity contribution in [3.05, 3.63) is 24.0 Å². The minimum atomic E-state index is -1.24. The Hall–Kier alpha value is -0.980. The quantitative estimate of drug-likeness (QED) is 0.847. The molecule has 0 bridgehead atoms. The highest BCUT2D eigenvalue weighted by molar-refractivity contribution is 7.85. The molecule has 1 spiro atoms. The van der Waals surface area contributed by atoms with Crippen molar-refractivity contribution >= 4 is 16.5 Å². The fourth-order valence-corrected chi connectivity index (χ4v) is 4.53. The fraction of sp³-hybridized carbons (Fsp3) is 0.571. The third-order valence-corrected chi connectivity index (χ3v) is 5.82. The lowest BCUT2D eigenvalue weighted by molar-refractivity contribution is -0.0774. The number of hydrogen-bond acceptors (Lipinski definition) is 4. The number of hydrogen-bond donors (Lipinski definition) is 1. The van der Waals surface area contributed by atoms with E-state index in [2.05, 4.69) is 0 Å². The van der Waals surface area contributed by atoms with Gasteiger partial charge in [-0.05, 0) is 31.0 Å². The molecular weight excluding hydrogens is 281 g/mol. The van der Waals surface area contributed by atoms with Crippen LogP contribution in [-0.4, -0.2) is 34.9 Å². The lowest BCUT2D eigenvalue weighted by Crippen LogP contribution is -2.43. The molecule has 0 aromatic heterocycles. The summed E-state index contributed by atoms with van der Waals surface area (Å²) in [5.41, 5.74) is 5.76. The van der Waals surface area contributed by atoms with Gasteiger partial charge >= 0.3 is 0 Å². The first-order valence-electron chi connectivity index (χ1n) is 6.77. The molecule has 0 saturated carbocycles. The van der Waals surface area contributed by atoms with Crippen LogP contribution < -0.4 is 5.73 Å². The van der Waals surface area contributed by atoms with Gasteiger partial charge < -0.3 is 15.2 Å². The lowest BCUT2D eigenvalue weighted by Gasteiger charge is -2.36. The number of benzene rings is 1. The number of anilines is 1. The Kier molecular flexibility index (Phi) is 3.79. The Morgan fingerprint density at radius 3 is 2.95 bits per heavy atom. The van der Waals surface area contributed by atoms with Crippen molar-refractivity contribution in [3.63, 3.8) is 0 Å². The molecule has 110 valence electrons. The molecule has 0 amide bonds. The predicted octanol–water partition coefficient (Wildman–Crippen LogP) is 1.85. The maximum atomic E-state index is 13.1. The molecule has 1 aromatic carbocycles. The molecule has 3 atom stereocenters. The van der Waals surface area contributed by atoms with Crippen molar-refractivity contribution in [2.75, 3.05) is 25.6 Å². The monoisotopic (exact) mass is 299 g/mol. The predicted molar refractivity (Wildman–Crippen MR) is 74.4 cm³/mol. The molecule has 2 aliphatic heterocycles. The van der Waals surface area contributed by atoms with E-state index in [0.717, 1.165) is 12.8 Å². The molecular formula is C14H18FNO3S. The van der Waals surface area contributed by atoms with Gasteiger partial charge in [0.15, 0.2) is 0 Å². The first-order valence-corrected chi connectivity index (χ1v) is 7.98. The summed E-state index contributed by atoms with van der Waals surface area (Å²) in [5, 5.41) is -0.0155. The smallest absolute Gasteiger partial charge is 0.125 e. The van der Waals surface area contributed by atoms with Gasteiger partial charge in [0, 0.05) is 24.9 Å². The van der Waals surface area contributed by atoms with Gasteiger partial charge in [-0.2, -0.15) is 0 Å². The van der Waals surface area contributed by atoms with Crippen LogP contribution in [0.15, 0.2) is 23.1 Å². The molecule has 4 nitrogen and oxygen atoms in total. The zero-order valence-corrected chi connectivity index (χ0v) is 12.0. The topological polar surface area (TPSA) is 61.6 Å². The standard InChI is InChI=1S/C14H18FNO3S/c15-10-1-2-13(12(16)7-10)20(17)11-3-5-19-14(8-11)4-6-18-9-14/h1-2,7,11H,3-6,8-9,16H2. The summed E-state index contributed by atoms with van der Waals surface area (Å²) in [4.78, 5) is 0.521. The van der Waals surface area contributed by atoms with E-state index >= 15 is 0 Å². The first-order chi connectivity index (χ1) is 9.60. The van der Waals surface area contributed by atoms with Crippen LogP contribution in [0.3, 0.4) is 0 Å². The lowest BCUT2D eigenvalue weighted by atomic mass is 9.93. The fourth-order valence-electron chi connectivity index (χ4n) is 2.91. The summed E-state index contributed by atoms with van der Waals surface area (Å²) in [6, 6.07) is 4.05. The maximum Gasteiger partial charge on any atom is 0.125 e. The van der Waals surface area contributed by atoms with Gasteiger partial charge in [-0.15, -0.1) is 0 Å². The number of nitrogens with two attached hydrogens (primary N) is 1. The van der Waals surface area contributed by atoms with Crippen molar-refractivity contribution in [1.82, 2.24) is 0 Å². The normalized spacial score (nSPS) is 31.6. The SMILES string of the molecule is Nc1cc(F)ccc1S(=O)C1CCOC2(CCOC2)C1. The van der Waals surface area contributed by atoms with Gasteiger partial charge in [-0.3, -0.25) is 4.21 Å². The highest BCUT2D eigenvalue weighted by atomic mass is 32.2. The summed E-state index contributed by atoms with van der Waals surface area (Å²) < 4.78 is 37.0. The summed E-state index contributed by atoms with van der Waals surface area (Å²) in [5.74, 6) is -0.407. The van der Waals surface area contributed by atoms with Crippen LogP contribution in [0, 0.1) is 5.82 Å². The van der Waals surface area contributed by atoms with E-state index in [0.29, 0.717) is 31.1 Å². The third-order valence-electron chi connectivity index (χ3n) is 4.01. The average molecular weight is 299 g/mol. The average Bonchev–Trinajstić information content (AvgIpc) is 2.86. The molecule has 2 N–H and O–H groups in total. The summed E-state index contributed by atoms with van der Waals surface area (Å²) in [7, 11) is -1.24. The van der Waals surface area contributed by atoms with Crippen molar-refractivity contribution < 1.29 is 18.1 Å². The molecule has 2 saturated heterocycles. The van der Waals surface area contributed by atoms with Crippen LogP contribution in [0.5, 0.6) is 0 Å². The Bertz CT molecular complexity index is 531. The molecule has 2 fully saturated rings. The van der Waals surface area contributed by atoms with Crippen molar-refractivity contribution in [1.29, 1.82) is 0 Å². The van der Waals surface area contributed by atoms with Crippen molar-refractivity contribution in [3.8, 4) is 0 Å². The van der Waals surface area contributed by atoms with E-state index in [9.17, 15) is 8.60 Å². The van der Waals surface area contributed by atoms with E-state index in [4.69, 9.17) is 15.2 Å². The minimum absolute atomic E-state index is 0.0155. The Morgan fingerprint density at radius 1 is 1.40 bits per heavy atom. The summed E-state index contributed by atoms with van der Waals surface area (Å²) in [6.07, 6.45) is 2.28. The maximum absolute atomic E-state index is 13.1. The second kappa shape index (κ2) is 5.42. The molecule has 6 heteroatoms. The summed E-state index contributed by atoms with van der Waals surface area (Å²) in [6.45, 7) is 1.85. The third kappa shape index (κ3) is 2.60. The molecule has 3 rings (SSSR count). The van der Waals surface area contributed by atoms with Gasteiger partial charge in [0.1, 0.15) is 5.82 Å². The Labute approximate surface area is 119 Å². The van der Waals surface area contributed by atoms with Gasteiger partial charge in [0.05, 0.1) is 33.6 Å².